The smallest absolute Gasteiger partial charge is 0.306 e. The topological polar surface area (TPSA) is 133 Å². The summed E-state index contributed by atoms with van der Waals surface area (Å²) in [5.41, 5.74) is 0. The summed E-state index contributed by atoms with van der Waals surface area (Å²) in [7, 11) is 0. The molecule has 0 bridgehead atoms. The van der Waals surface area contributed by atoms with Crippen LogP contribution in [0.25, 0.3) is 0 Å². The molecule has 0 rings (SSSR count). The van der Waals surface area contributed by atoms with E-state index in [9.17, 15) is 18.9 Å². The molecule has 0 amide bonds. The van der Waals surface area contributed by atoms with Gasteiger partial charge in [-0.25, -0.2) is 0 Å². The molecule has 35 heavy (non-hydrogen) atoms. The van der Waals surface area contributed by atoms with Crippen molar-refractivity contribution in [1.29, 1.82) is 0 Å². The van der Waals surface area contributed by atoms with Gasteiger partial charge in [-0.15, -0.1) is 0 Å². The van der Waals surface area contributed by atoms with Crippen molar-refractivity contribution >= 4 is 75.3 Å². The highest BCUT2D eigenvalue weighted by atomic mass is 32.2. The number of esters is 2. The van der Waals surface area contributed by atoms with Crippen LogP contribution in [0.1, 0.15) is 38.5 Å². The maximum Gasteiger partial charge on any atom is 0.306 e. The quantitative estimate of drug-likeness (QED) is 0.0917. The minimum Gasteiger partial charge on any atom is -0.616 e. The van der Waals surface area contributed by atoms with E-state index in [2.05, 4.69) is 0 Å². The van der Waals surface area contributed by atoms with Crippen molar-refractivity contribution < 1.29 is 38.6 Å². The van der Waals surface area contributed by atoms with Gasteiger partial charge in [0.2, 0.25) is 0 Å². The zero-order valence-electron chi connectivity index (χ0n) is 20.3. The molecule has 0 radical (unpaired) electrons. The highest BCUT2D eigenvalue weighted by molar-refractivity contribution is 8.14. The maximum absolute atomic E-state index is 12.0. The van der Waals surface area contributed by atoms with Crippen LogP contribution in [0.5, 0.6) is 0 Å². The van der Waals surface area contributed by atoms with Gasteiger partial charge in [0.25, 0.3) is 0 Å². The van der Waals surface area contributed by atoms with Crippen LogP contribution in [-0.4, -0.2) is 110 Å². The molecule has 0 spiro atoms. The van der Waals surface area contributed by atoms with Gasteiger partial charge in [0.15, 0.2) is 5.12 Å². The van der Waals surface area contributed by atoms with E-state index in [0.717, 1.165) is 29.4 Å². The van der Waals surface area contributed by atoms with Crippen LogP contribution in [0.15, 0.2) is 0 Å². The second kappa shape index (κ2) is 27.3. The van der Waals surface area contributed by atoms with E-state index in [4.69, 9.17) is 19.7 Å². The lowest BCUT2D eigenvalue weighted by Crippen LogP contribution is -2.14. The predicted molar refractivity (Wildman–Crippen MR) is 151 cm³/mol. The number of aliphatic hydroxyl groups is 2. The van der Waals surface area contributed by atoms with E-state index in [1.165, 1.54) is 11.8 Å². The van der Waals surface area contributed by atoms with Crippen LogP contribution in [0.3, 0.4) is 0 Å². The van der Waals surface area contributed by atoms with E-state index in [-0.39, 0.29) is 43.5 Å². The molecular formula is C22H40O8S5. The van der Waals surface area contributed by atoms with Crippen molar-refractivity contribution in [2.24, 2.45) is 0 Å². The summed E-state index contributed by atoms with van der Waals surface area (Å²) < 4.78 is 21.9. The first-order chi connectivity index (χ1) is 17.0. The van der Waals surface area contributed by atoms with Gasteiger partial charge in [-0.2, -0.15) is 35.3 Å². The Kier molecular flexibility index (Phi) is 27.5. The van der Waals surface area contributed by atoms with Crippen LogP contribution >= 0.6 is 47.0 Å². The van der Waals surface area contributed by atoms with E-state index in [0.29, 0.717) is 60.9 Å². The Morgan fingerprint density at radius 1 is 0.657 bits per heavy atom. The molecule has 0 saturated carbocycles. The SMILES string of the molecule is O=C(CCSCCC[S+]([O-])CCSCCSC(=O)CCSCCC(=O)OCCCO)OCCCO. The van der Waals surface area contributed by atoms with E-state index >= 15 is 0 Å². The Hall–Kier alpha value is 0.240. The van der Waals surface area contributed by atoms with E-state index in [1.54, 1.807) is 35.3 Å². The summed E-state index contributed by atoms with van der Waals surface area (Å²) in [6.45, 7) is 0.542. The lowest BCUT2D eigenvalue weighted by atomic mass is 10.5. The number of carbonyl (C=O) groups is 3. The van der Waals surface area contributed by atoms with Crippen molar-refractivity contribution in [3.05, 3.63) is 0 Å². The van der Waals surface area contributed by atoms with Gasteiger partial charge >= 0.3 is 11.9 Å². The molecule has 0 fully saturated rings. The maximum atomic E-state index is 12.0. The fraction of sp³-hybridized carbons (Fsp3) is 0.864. The molecule has 0 heterocycles. The number of carbonyl (C=O) groups excluding carboxylic acids is 3. The number of hydrogen-bond acceptors (Lipinski definition) is 12. The Morgan fingerprint density at radius 2 is 1.20 bits per heavy atom. The Balaban J connectivity index is 3.41. The van der Waals surface area contributed by atoms with Crippen LogP contribution < -0.4 is 0 Å². The number of aliphatic hydroxyl groups excluding tert-OH is 2. The van der Waals surface area contributed by atoms with E-state index in [1.807, 2.05) is 0 Å². The number of rotatable bonds is 25. The molecule has 0 aromatic carbocycles. The zero-order valence-corrected chi connectivity index (χ0v) is 24.4. The average molecular weight is 593 g/mol. The molecule has 1 unspecified atom stereocenters. The van der Waals surface area contributed by atoms with Crippen molar-refractivity contribution in [2.45, 2.75) is 38.5 Å². The average Bonchev–Trinajstić information content (AvgIpc) is 2.83. The normalized spacial score (nSPS) is 11.9. The van der Waals surface area contributed by atoms with Gasteiger partial charge in [0, 0.05) is 73.4 Å². The standard InChI is InChI=1S/C22H40O8S5/c23-7-1-9-29-20(25)4-12-31-11-3-18-35(28)19-17-33-15-16-34-22(27)6-14-32-13-5-21(26)30-10-2-8-24/h23-24H,1-19H2. The van der Waals surface area contributed by atoms with Crippen LogP contribution in [0.2, 0.25) is 0 Å². The molecule has 2 N–H and O–H groups in total. The summed E-state index contributed by atoms with van der Waals surface area (Å²) in [6, 6.07) is 0. The third-order valence-corrected chi connectivity index (χ3v) is 9.99. The summed E-state index contributed by atoms with van der Waals surface area (Å²) in [5, 5.41) is 17.4. The Labute approximate surface area is 229 Å². The second-order valence-corrected chi connectivity index (χ2v) is 13.6. The monoisotopic (exact) mass is 592 g/mol. The van der Waals surface area contributed by atoms with Crippen LogP contribution in [-0.2, 0) is 35.0 Å². The zero-order chi connectivity index (χ0) is 26.0. The van der Waals surface area contributed by atoms with E-state index < -0.39 is 11.2 Å². The summed E-state index contributed by atoms with van der Waals surface area (Å²) in [5.74, 6) is 6.11. The van der Waals surface area contributed by atoms with Crippen LogP contribution in [0, 0.1) is 0 Å². The molecule has 0 saturated heterocycles. The second-order valence-electron chi connectivity index (χ2n) is 7.10. The summed E-state index contributed by atoms with van der Waals surface area (Å²) in [4.78, 5) is 34.7. The Morgan fingerprint density at radius 3 is 1.80 bits per heavy atom. The van der Waals surface area contributed by atoms with Gasteiger partial charge in [0.05, 0.1) is 26.1 Å². The predicted octanol–water partition coefficient (Wildman–Crippen LogP) is 2.61. The van der Waals surface area contributed by atoms with Crippen LogP contribution in [0.4, 0.5) is 0 Å². The molecule has 0 aliphatic rings. The number of hydrogen-bond donors (Lipinski definition) is 2. The first-order valence-electron chi connectivity index (χ1n) is 11.8. The van der Waals surface area contributed by atoms with Crippen molar-refractivity contribution in [3.8, 4) is 0 Å². The summed E-state index contributed by atoms with van der Waals surface area (Å²) >= 11 is 5.43. The molecular weight excluding hydrogens is 553 g/mol. The Bertz CT molecular complexity index is 542. The van der Waals surface area contributed by atoms with Crippen molar-refractivity contribution in [1.82, 2.24) is 0 Å². The van der Waals surface area contributed by atoms with Gasteiger partial charge in [-0.05, 0) is 5.75 Å². The highest BCUT2D eigenvalue weighted by Crippen LogP contribution is 2.14. The molecule has 0 aromatic rings. The van der Waals surface area contributed by atoms with Gasteiger partial charge in [-0.1, -0.05) is 22.9 Å². The first kappa shape index (κ1) is 35.2. The van der Waals surface area contributed by atoms with Crippen molar-refractivity contribution in [2.75, 3.05) is 78.2 Å². The molecule has 0 aliphatic heterocycles. The number of ether oxygens (including phenoxy) is 2. The highest BCUT2D eigenvalue weighted by Gasteiger charge is 2.08. The minimum atomic E-state index is -0.837. The minimum absolute atomic E-state index is 0.0106. The number of thioether (sulfide) groups is 4. The van der Waals surface area contributed by atoms with Crippen molar-refractivity contribution in [3.63, 3.8) is 0 Å². The molecule has 8 nitrogen and oxygen atoms in total. The van der Waals surface area contributed by atoms with Gasteiger partial charge in [-0.3, -0.25) is 14.4 Å². The third kappa shape index (κ3) is 27.1. The third-order valence-electron chi connectivity index (χ3n) is 4.09. The van der Waals surface area contributed by atoms with Gasteiger partial charge < -0.3 is 24.2 Å². The lowest BCUT2D eigenvalue weighted by molar-refractivity contribution is -0.144. The van der Waals surface area contributed by atoms with Gasteiger partial charge in [0.1, 0.15) is 11.5 Å². The summed E-state index contributed by atoms with van der Waals surface area (Å²) in [6.07, 6.45) is 2.93. The molecule has 0 aromatic heterocycles. The first-order valence-corrected chi connectivity index (χ1v) is 17.7. The molecule has 1 atom stereocenters. The fourth-order valence-corrected chi connectivity index (χ4v) is 7.67. The lowest BCUT2D eigenvalue weighted by Gasteiger charge is -2.10. The molecule has 0 aliphatic carbocycles. The fourth-order valence-electron chi connectivity index (χ4n) is 2.28. The molecule has 206 valence electrons. The largest absolute Gasteiger partial charge is 0.616 e. The molecule has 13 heteroatoms.